The van der Waals surface area contributed by atoms with E-state index in [1.165, 1.54) is 37.5 Å². The lowest BCUT2D eigenvalue weighted by Crippen LogP contribution is -2.50. The predicted molar refractivity (Wildman–Crippen MR) is 88.6 cm³/mol. The molecule has 2 aromatic carbocycles. The molecule has 4 fully saturated rings. The molecule has 0 amide bonds. The molecule has 24 heavy (non-hydrogen) atoms. The van der Waals surface area contributed by atoms with Crippen molar-refractivity contribution in [3.05, 3.63) is 65.0 Å². The first-order valence-corrected chi connectivity index (χ1v) is 8.61. The second-order valence-corrected chi connectivity index (χ2v) is 7.62. The van der Waals surface area contributed by atoms with E-state index in [9.17, 15) is 9.18 Å². The fraction of sp³-hybridized carbons (Fsp3) is 0.381. The van der Waals surface area contributed by atoms with E-state index in [-0.39, 0.29) is 11.3 Å². The molecular formula is C21H19FO2. The van der Waals surface area contributed by atoms with E-state index in [0.717, 1.165) is 23.3 Å². The van der Waals surface area contributed by atoms with Crippen molar-refractivity contribution in [2.24, 2.45) is 17.3 Å². The molecular weight excluding hydrogens is 303 g/mol. The summed E-state index contributed by atoms with van der Waals surface area (Å²) in [5, 5.41) is 0. The maximum atomic E-state index is 13.8. The van der Waals surface area contributed by atoms with E-state index in [1.54, 1.807) is 6.07 Å². The highest BCUT2D eigenvalue weighted by atomic mass is 19.1. The zero-order valence-corrected chi connectivity index (χ0v) is 13.6. The van der Waals surface area contributed by atoms with Crippen LogP contribution in [0.4, 0.5) is 4.39 Å². The average molecular weight is 322 g/mol. The highest BCUT2D eigenvalue weighted by molar-refractivity contribution is 5.94. The molecule has 1 spiro atoms. The number of ketones is 1. The lowest BCUT2D eigenvalue weighted by Gasteiger charge is -2.58. The van der Waals surface area contributed by atoms with Crippen molar-refractivity contribution < 1.29 is 13.9 Å². The summed E-state index contributed by atoms with van der Waals surface area (Å²) in [5.74, 6) is 2.46. The van der Waals surface area contributed by atoms with Gasteiger partial charge in [0.15, 0.2) is 5.78 Å². The van der Waals surface area contributed by atoms with Crippen LogP contribution in [0.1, 0.15) is 47.2 Å². The molecule has 6 rings (SSSR count). The van der Waals surface area contributed by atoms with E-state index < -0.39 is 5.82 Å². The monoisotopic (exact) mass is 322 g/mol. The number of hydrogen-bond donors (Lipinski definition) is 0. The smallest absolute Gasteiger partial charge is 0.162 e. The SMILES string of the molecule is CC(=O)c1ccc(OCc2ccc(C3C4CC35C[C@@H]45)cc2)cc1F. The standard InChI is InChI=1S/C21H19FO2/c1-12(23)16-7-6-15(8-19(16)22)24-11-13-2-4-14(5-3-13)20-17-9-21(20)10-18(17)21/h2-8,17-18,20H,9-11H2,1H3/t17?,18-,20?,21?/m0/s1. The highest BCUT2D eigenvalue weighted by Gasteiger charge is 2.83. The van der Waals surface area contributed by atoms with Crippen LogP contribution in [0.2, 0.25) is 0 Å². The molecule has 2 nitrogen and oxygen atoms in total. The Morgan fingerprint density at radius 1 is 1.21 bits per heavy atom. The summed E-state index contributed by atoms with van der Waals surface area (Å²) in [6.45, 7) is 1.76. The summed E-state index contributed by atoms with van der Waals surface area (Å²) in [6, 6.07) is 13.1. The number of benzene rings is 2. The van der Waals surface area contributed by atoms with Gasteiger partial charge in [0.1, 0.15) is 18.2 Å². The molecule has 2 aromatic rings. The zero-order chi connectivity index (χ0) is 16.5. The minimum absolute atomic E-state index is 0.100. The highest BCUT2D eigenvalue weighted by Crippen LogP contribution is 2.91. The molecule has 0 aliphatic heterocycles. The third-order valence-corrected chi connectivity index (χ3v) is 6.42. The van der Waals surface area contributed by atoms with Crippen LogP contribution in [0.5, 0.6) is 5.75 Å². The van der Waals surface area contributed by atoms with Crippen molar-refractivity contribution in [3.63, 3.8) is 0 Å². The topological polar surface area (TPSA) is 26.3 Å². The van der Waals surface area contributed by atoms with Gasteiger partial charge in [-0.2, -0.15) is 0 Å². The number of carbonyl (C=O) groups excluding carboxylic acids is 1. The molecule has 4 aliphatic rings. The van der Waals surface area contributed by atoms with Gasteiger partial charge in [0.2, 0.25) is 0 Å². The van der Waals surface area contributed by atoms with Crippen LogP contribution < -0.4 is 4.74 Å². The molecule has 0 radical (unpaired) electrons. The van der Waals surface area contributed by atoms with Crippen LogP contribution >= 0.6 is 0 Å². The van der Waals surface area contributed by atoms with Crippen molar-refractivity contribution in [1.82, 2.24) is 0 Å². The van der Waals surface area contributed by atoms with Gasteiger partial charge in [-0.1, -0.05) is 24.3 Å². The number of carbonyl (C=O) groups is 1. The molecule has 0 N–H and O–H groups in total. The average Bonchev–Trinajstić information content (AvgIpc) is 3.03. The van der Waals surface area contributed by atoms with E-state index >= 15 is 0 Å². The molecule has 4 saturated carbocycles. The Balaban J connectivity index is 1.24. The van der Waals surface area contributed by atoms with E-state index in [1.807, 2.05) is 0 Å². The minimum Gasteiger partial charge on any atom is -0.489 e. The van der Waals surface area contributed by atoms with Crippen molar-refractivity contribution in [3.8, 4) is 5.75 Å². The summed E-state index contributed by atoms with van der Waals surface area (Å²) in [4.78, 5) is 11.2. The number of Topliss-reactive ketones (excluding diaryl/α,β-unsaturated/α-hetero) is 1. The van der Waals surface area contributed by atoms with Gasteiger partial charge in [-0.25, -0.2) is 4.39 Å². The second kappa shape index (κ2) is 4.69. The maximum Gasteiger partial charge on any atom is 0.162 e. The molecule has 4 atom stereocenters. The van der Waals surface area contributed by atoms with E-state index in [4.69, 9.17) is 4.74 Å². The first-order valence-electron chi connectivity index (χ1n) is 8.61. The Bertz CT molecular complexity index is 837. The number of ether oxygens (including phenoxy) is 1. The van der Waals surface area contributed by atoms with Crippen LogP contribution in [0, 0.1) is 23.1 Å². The second-order valence-electron chi connectivity index (χ2n) is 7.62. The largest absolute Gasteiger partial charge is 0.489 e. The van der Waals surface area contributed by atoms with Crippen LogP contribution in [-0.2, 0) is 6.61 Å². The summed E-state index contributed by atoms with van der Waals surface area (Å²) in [5.41, 5.74) is 3.36. The fourth-order valence-electron chi connectivity index (χ4n) is 5.00. The zero-order valence-electron chi connectivity index (χ0n) is 13.6. The number of rotatable bonds is 5. The van der Waals surface area contributed by atoms with Crippen LogP contribution in [0.3, 0.4) is 0 Å². The Labute approximate surface area is 140 Å². The molecule has 0 aromatic heterocycles. The lowest BCUT2D eigenvalue weighted by atomic mass is 9.46. The van der Waals surface area contributed by atoms with E-state index in [0.29, 0.717) is 17.8 Å². The molecule has 4 aliphatic carbocycles. The van der Waals surface area contributed by atoms with Gasteiger partial charge in [0.25, 0.3) is 0 Å². The Kier molecular flexibility index (Phi) is 2.77. The summed E-state index contributed by atoms with van der Waals surface area (Å²) < 4.78 is 19.4. The lowest BCUT2D eigenvalue weighted by molar-refractivity contribution is -0.0386. The first-order chi connectivity index (χ1) is 11.6. The van der Waals surface area contributed by atoms with E-state index in [2.05, 4.69) is 24.3 Å². The Morgan fingerprint density at radius 2 is 2.00 bits per heavy atom. The number of halogens is 1. The Hall–Kier alpha value is -2.16. The number of hydrogen-bond acceptors (Lipinski definition) is 2. The van der Waals surface area contributed by atoms with Gasteiger partial charge >= 0.3 is 0 Å². The van der Waals surface area contributed by atoms with Gasteiger partial charge in [-0.3, -0.25) is 4.79 Å². The normalized spacial score (nSPS) is 31.5. The molecule has 0 heterocycles. The quantitative estimate of drug-likeness (QED) is 0.744. The van der Waals surface area contributed by atoms with Gasteiger partial charge in [-0.15, -0.1) is 0 Å². The van der Waals surface area contributed by atoms with Crippen LogP contribution in [-0.4, -0.2) is 5.78 Å². The van der Waals surface area contributed by atoms with Crippen molar-refractivity contribution >= 4 is 5.78 Å². The fourth-order valence-corrected chi connectivity index (χ4v) is 5.00. The van der Waals surface area contributed by atoms with Crippen molar-refractivity contribution in [2.75, 3.05) is 0 Å². The minimum atomic E-state index is -0.530. The molecule has 2 bridgehead atoms. The van der Waals surface area contributed by atoms with Crippen LogP contribution in [0.15, 0.2) is 42.5 Å². The third-order valence-electron chi connectivity index (χ3n) is 6.42. The molecule has 3 unspecified atom stereocenters. The first kappa shape index (κ1) is 14.2. The van der Waals surface area contributed by atoms with Gasteiger partial charge in [0, 0.05) is 6.07 Å². The van der Waals surface area contributed by atoms with Gasteiger partial charge < -0.3 is 4.74 Å². The third kappa shape index (κ3) is 1.84. The molecule has 3 heteroatoms. The van der Waals surface area contributed by atoms with Gasteiger partial charge in [-0.05, 0) is 66.2 Å². The maximum absolute atomic E-state index is 13.8. The van der Waals surface area contributed by atoms with Crippen molar-refractivity contribution in [2.45, 2.75) is 32.3 Å². The summed E-state index contributed by atoms with van der Waals surface area (Å²) >= 11 is 0. The predicted octanol–water partition coefficient (Wildman–Crippen LogP) is 4.73. The van der Waals surface area contributed by atoms with Crippen molar-refractivity contribution in [1.29, 1.82) is 0 Å². The van der Waals surface area contributed by atoms with Gasteiger partial charge in [0.05, 0.1) is 5.56 Å². The summed E-state index contributed by atoms with van der Waals surface area (Å²) in [7, 11) is 0. The molecule has 122 valence electrons. The summed E-state index contributed by atoms with van der Waals surface area (Å²) in [6.07, 6.45) is 2.91. The van der Waals surface area contributed by atoms with Crippen LogP contribution in [0.25, 0.3) is 0 Å². The Morgan fingerprint density at radius 3 is 2.54 bits per heavy atom. The molecule has 0 saturated heterocycles.